The number of hydrogen-bond donors (Lipinski definition) is 0. The highest BCUT2D eigenvalue weighted by Gasteiger charge is 2.32. The summed E-state index contributed by atoms with van der Waals surface area (Å²) in [5.41, 5.74) is 2.46. The lowest BCUT2D eigenvalue weighted by Gasteiger charge is -2.12. The molecule has 0 unspecified atom stereocenters. The molecule has 0 bridgehead atoms. The van der Waals surface area contributed by atoms with Crippen molar-refractivity contribution in [1.82, 2.24) is 4.90 Å². The molecule has 8 heteroatoms. The van der Waals surface area contributed by atoms with Gasteiger partial charge in [-0.25, -0.2) is 4.99 Å². The summed E-state index contributed by atoms with van der Waals surface area (Å²) < 4.78 is 16.7. The van der Waals surface area contributed by atoms with Crippen LogP contribution in [0.5, 0.6) is 17.2 Å². The highest BCUT2D eigenvalue weighted by atomic mass is 35.5. The average molecular weight is 509 g/mol. The van der Waals surface area contributed by atoms with Gasteiger partial charge in [0.15, 0.2) is 16.7 Å². The molecular formula is C27H25ClN2O4S. The summed E-state index contributed by atoms with van der Waals surface area (Å²) in [6.07, 6.45) is 1.84. The highest BCUT2D eigenvalue weighted by Crippen LogP contribution is 2.36. The number of aliphatic imine (C=N–C) groups is 1. The summed E-state index contributed by atoms with van der Waals surface area (Å²) in [7, 11) is 3.21. The zero-order chi connectivity index (χ0) is 24.8. The van der Waals surface area contributed by atoms with Crippen molar-refractivity contribution in [1.29, 1.82) is 0 Å². The standard InChI is InChI=1S/C27H25ClN2O4S/c1-4-30-26(31)25(35-27(30)29-20-10-12-21(32-2)13-11-20)16-18-9-14-23(24(15-18)33-3)34-17-19-7-5-6-8-22(19)28/h5-16H,4,17H2,1-3H3/b25-16+,29-27?. The first-order valence-corrected chi connectivity index (χ1v) is 12.2. The van der Waals surface area contributed by atoms with E-state index >= 15 is 0 Å². The number of benzene rings is 3. The zero-order valence-electron chi connectivity index (χ0n) is 19.7. The molecule has 35 heavy (non-hydrogen) atoms. The van der Waals surface area contributed by atoms with Gasteiger partial charge in [0, 0.05) is 17.1 Å². The van der Waals surface area contributed by atoms with E-state index in [4.69, 9.17) is 25.8 Å². The maximum Gasteiger partial charge on any atom is 0.266 e. The van der Waals surface area contributed by atoms with Crippen LogP contribution in [-0.4, -0.2) is 36.7 Å². The smallest absolute Gasteiger partial charge is 0.266 e. The van der Waals surface area contributed by atoms with E-state index in [1.807, 2.05) is 79.7 Å². The van der Waals surface area contributed by atoms with Crippen LogP contribution in [0, 0.1) is 0 Å². The summed E-state index contributed by atoms with van der Waals surface area (Å²) in [6, 6.07) is 20.5. The van der Waals surface area contributed by atoms with Gasteiger partial charge in [0.05, 0.1) is 24.8 Å². The Kier molecular flexibility index (Phi) is 8.00. The van der Waals surface area contributed by atoms with E-state index in [9.17, 15) is 4.79 Å². The molecule has 0 saturated carbocycles. The second-order valence-electron chi connectivity index (χ2n) is 7.54. The number of carbonyl (C=O) groups is 1. The molecule has 4 rings (SSSR count). The number of methoxy groups -OCH3 is 2. The van der Waals surface area contributed by atoms with Crippen LogP contribution in [0.2, 0.25) is 5.02 Å². The number of thioether (sulfide) groups is 1. The first-order chi connectivity index (χ1) is 17.0. The van der Waals surface area contributed by atoms with Crippen LogP contribution in [0.3, 0.4) is 0 Å². The molecule has 0 spiro atoms. The number of rotatable bonds is 8. The first kappa shape index (κ1) is 24.7. The van der Waals surface area contributed by atoms with Gasteiger partial charge < -0.3 is 14.2 Å². The Hall–Kier alpha value is -3.42. The molecule has 1 fully saturated rings. The minimum absolute atomic E-state index is 0.0808. The van der Waals surface area contributed by atoms with Crippen LogP contribution in [0.4, 0.5) is 5.69 Å². The Bertz CT molecular complexity index is 1270. The minimum atomic E-state index is -0.0808. The molecule has 1 aliphatic heterocycles. The third-order valence-corrected chi connectivity index (χ3v) is 6.70. The monoisotopic (exact) mass is 508 g/mol. The summed E-state index contributed by atoms with van der Waals surface area (Å²) >= 11 is 7.57. The van der Waals surface area contributed by atoms with Crippen molar-refractivity contribution in [2.45, 2.75) is 13.5 Å². The number of carbonyl (C=O) groups excluding carboxylic acids is 1. The molecular weight excluding hydrogens is 484 g/mol. The van der Waals surface area contributed by atoms with Gasteiger partial charge in [0.2, 0.25) is 0 Å². The Morgan fingerprint density at radius 3 is 2.46 bits per heavy atom. The van der Waals surface area contributed by atoms with Crippen LogP contribution in [0.25, 0.3) is 6.08 Å². The number of amidine groups is 1. The summed E-state index contributed by atoms with van der Waals surface area (Å²) in [4.78, 5) is 19.9. The number of likely N-dealkylation sites (N-methyl/N-ethyl adjacent to an activating group) is 1. The van der Waals surface area contributed by atoms with Gasteiger partial charge in [-0.1, -0.05) is 35.9 Å². The van der Waals surface area contributed by atoms with E-state index in [0.29, 0.717) is 39.7 Å². The molecule has 0 N–H and O–H groups in total. The van der Waals surface area contributed by atoms with Crippen molar-refractivity contribution in [3.8, 4) is 17.2 Å². The number of ether oxygens (including phenoxy) is 3. The Morgan fingerprint density at radius 2 is 1.77 bits per heavy atom. The van der Waals surface area contributed by atoms with Crippen LogP contribution < -0.4 is 14.2 Å². The topological polar surface area (TPSA) is 60.4 Å². The second-order valence-corrected chi connectivity index (χ2v) is 8.96. The molecule has 3 aromatic rings. The van der Waals surface area contributed by atoms with Gasteiger partial charge in [0.25, 0.3) is 5.91 Å². The van der Waals surface area contributed by atoms with Crippen molar-refractivity contribution >= 4 is 46.2 Å². The Labute approximate surface area is 214 Å². The molecule has 0 aliphatic carbocycles. The maximum atomic E-state index is 13.0. The van der Waals surface area contributed by atoms with Gasteiger partial charge in [0.1, 0.15) is 12.4 Å². The lowest BCUT2D eigenvalue weighted by molar-refractivity contribution is -0.122. The average Bonchev–Trinajstić information content (AvgIpc) is 3.17. The van der Waals surface area contributed by atoms with Crippen LogP contribution in [0.15, 0.2) is 76.6 Å². The van der Waals surface area contributed by atoms with Gasteiger partial charge in [-0.05, 0) is 72.8 Å². The molecule has 0 radical (unpaired) electrons. The predicted octanol–water partition coefficient (Wildman–Crippen LogP) is 6.56. The third kappa shape index (κ3) is 5.81. The summed E-state index contributed by atoms with van der Waals surface area (Å²) in [5, 5.41) is 1.29. The number of nitrogens with zero attached hydrogens (tertiary/aromatic N) is 2. The fourth-order valence-electron chi connectivity index (χ4n) is 3.45. The molecule has 0 aromatic heterocycles. The quantitative estimate of drug-likeness (QED) is 0.322. The zero-order valence-corrected chi connectivity index (χ0v) is 21.2. The normalized spacial score (nSPS) is 15.7. The lowest BCUT2D eigenvalue weighted by Crippen LogP contribution is -2.28. The Balaban J connectivity index is 1.54. The van der Waals surface area contributed by atoms with Crippen molar-refractivity contribution in [3.63, 3.8) is 0 Å². The molecule has 0 atom stereocenters. The third-order valence-electron chi connectivity index (χ3n) is 5.33. The van der Waals surface area contributed by atoms with Gasteiger partial charge in [-0.2, -0.15) is 0 Å². The van der Waals surface area contributed by atoms with Crippen LogP contribution >= 0.6 is 23.4 Å². The molecule has 1 aliphatic rings. The van der Waals surface area contributed by atoms with E-state index in [1.54, 1.807) is 19.1 Å². The molecule has 1 saturated heterocycles. The van der Waals surface area contributed by atoms with E-state index < -0.39 is 0 Å². The fraction of sp³-hybridized carbons (Fsp3) is 0.185. The van der Waals surface area contributed by atoms with Gasteiger partial charge in [-0.3, -0.25) is 9.69 Å². The maximum absolute atomic E-state index is 13.0. The summed E-state index contributed by atoms with van der Waals surface area (Å²) in [5.74, 6) is 1.84. The van der Waals surface area contributed by atoms with Crippen molar-refractivity contribution in [2.75, 3.05) is 20.8 Å². The van der Waals surface area contributed by atoms with E-state index in [1.165, 1.54) is 11.8 Å². The Morgan fingerprint density at radius 1 is 1.00 bits per heavy atom. The molecule has 3 aromatic carbocycles. The van der Waals surface area contributed by atoms with Crippen molar-refractivity contribution in [3.05, 3.63) is 87.8 Å². The van der Waals surface area contributed by atoms with Crippen molar-refractivity contribution in [2.24, 2.45) is 4.99 Å². The summed E-state index contributed by atoms with van der Waals surface area (Å²) in [6.45, 7) is 2.77. The van der Waals surface area contributed by atoms with Crippen molar-refractivity contribution < 1.29 is 19.0 Å². The molecule has 1 heterocycles. The van der Waals surface area contributed by atoms with Crippen LogP contribution in [-0.2, 0) is 11.4 Å². The second kappa shape index (κ2) is 11.3. The largest absolute Gasteiger partial charge is 0.497 e. The molecule has 180 valence electrons. The molecule has 1 amide bonds. The number of amides is 1. The predicted molar refractivity (Wildman–Crippen MR) is 142 cm³/mol. The molecule has 6 nitrogen and oxygen atoms in total. The van der Waals surface area contributed by atoms with E-state index in [-0.39, 0.29) is 5.91 Å². The van der Waals surface area contributed by atoms with E-state index in [2.05, 4.69) is 4.99 Å². The van der Waals surface area contributed by atoms with Gasteiger partial charge >= 0.3 is 0 Å². The fourth-order valence-corrected chi connectivity index (χ4v) is 4.71. The van der Waals surface area contributed by atoms with Crippen LogP contribution in [0.1, 0.15) is 18.1 Å². The first-order valence-electron chi connectivity index (χ1n) is 11.0. The minimum Gasteiger partial charge on any atom is -0.497 e. The highest BCUT2D eigenvalue weighted by molar-refractivity contribution is 8.18. The van der Waals surface area contributed by atoms with E-state index in [0.717, 1.165) is 22.6 Å². The SMILES string of the molecule is CCN1C(=O)/C(=C\c2ccc(OCc3ccccc3Cl)c(OC)c2)SC1=Nc1ccc(OC)cc1. The lowest BCUT2D eigenvalue weighted by atomic mass is 10.1. The number of hydrogen-bond acceptors (Lipinski definition) is 6. The number of halogens is 1. The van der Waals surface area contributed by atoms with Gasteiger partial charge in [-0.15, -0.1) is 0 Å².